The first-order valence-corrected chi connectivity index (χ1v) is 9.86. The van der Waals surface area contributed by atoms with Crippen molar-refractivity contribution in [3.05, 3.63) is 53.4 Å². The first-order valence-electron chi connectivity index (χ1n) is 9.86. The van der Waals surface area contributed by atoms with E-state index in [1.165, 1.54) is 6.07 Å². The molecule has 1 aliphatic heterocycles. The van der Waals surface area contributed by atoms with Crippen molar-refractivity contribution in [3.8, 4) is 0 Å². The van der Waals surface area contributed by atoms with Crippen molar-refractivity contribution in [2.24, 2.45) is 0 Å². The van der Waals surface area contributed by atoms with E-state index in [0.717, 1.165) is 43.0 Å². The van der Waals surface area contributed by atoms with Gasteiger partial charge in [0.2, 0.25) is 0 Å². The Labute approximate surface area is 171 Å². The Balaban J connectivity index is 1.51. The van der Waals surface area contributed by atoms with Crippen molar-refractivity contribution in [1.29, 1.82) is 0 Å². The highest BCUT2D eigenvalue weighted by Gasteiger charge is 2.21. The van der Waals surface area contributed by atoms with Crippen LogP contribution >= 0.6 is 0 Å². The number of aryl methyl sites for hydroxylation is 2. The quantitative estimate of drug-likeness (QED) is 0.533. The molecule has 1 amide bonds. The summed E-state index contributed by atoms with van der Waals surface area (Å²) in [5.74, 6) is 0.166. The van der Waals surface area contributed by atoms with Gasteiger partial charge in [-0.25, -0.2) is 9.37 Å². The lowest BCUT2D eigenvalue weighted by atomic mass is 10.1. The number of hydrogen-bond donors (Lipinski definition) is 2. The lowest BCUT2D eigenvalue weighted by molar-refractivity contribution is 0.102. The Hall–Kier alpha value is -3.39. The first kappa shape index (κ1) is 18.6. The molecule has 30 heavy (non-hydrogen) atoms. The van der Waals surface area contributed by atoms with E-state index in [1.54, 1.807) is 19.1 Å². The van der Waals surface area contributed by atoms with E-state index in [1.807, 2.05) is 19.1 Å². The molecule has 0 radical (unpaired) electrons. The molecule has 8 heteroatoms. The number of fused-ring (bicyclic) bond motifs is 2. The van der Waals surface area contributed by atoms with Crippen LogP contribution in [-0.2, 0) is 0 Å². The molecule has 0 unspecified atom stereocenters. The zero-order chi connectivity index (χ0) is 20.8. The fraction of sp³-hybridized carbons (Fsp3) is 0.273. The van der Waals surface area contributed by atoms with E-state index >= 15 is 0 Å². The average molecular weight is 408 g/mol. The minimum Gasteiger partial charge on any atom is -0.460 e. The highest BCUT2D eigenvalue weighted by atomic mass is 19.1. The maximum Gasteiger partial charge on any atom is 0.259 e. The molecule has 0 aliphatic carbocycles. The molecule has 1 saturated heterocycles. The van der Waals surface area contributed by atoms with Gasteiger partial charge in [0.25, 0.3) is 5.91 Å². The molecule has 0 spiro atoms. The maximum atomic E-state index is 14.3. The number of furan rings is 1. The molecule has 1 fully saturated rings. The SMILES string of the molecule is Cc1cc2c(N3CCNCC3)ccc(C(=O)Nc3cc(F)c4nc(C)oc4c3)c2o1. The number of amides is 1. The van der Waals surface area contributed by atoms with Crippen molar-refractivity contribution >= 4 is 39.4 Å². The Morgan fingerprint density at radius 3 is 2.77 bits per heavy atom. The van der Waals surface area contributed by atoms with Gasteiger partial charge in [0.15, 0.2) is 17.3 Å². The summed E-state index contributed by atoms with van der Waals surface area (Å²) in [5.41, 5.74) is 2.70. The molecule has 154 valence electrons. The number of halogens is 1. The summed E-state index contributed by atoms with van der Waals surface area (Å²) in [6.45, 7) is 7.11. The number of nitrogens with one attached hydrogen (secondary N) is 2. The highest BCUT2D eigenvalue weighted by molar-refractivity contribution is 6.13. The normalized spacial score (nSPS) is 14.6. The van der Waals surface area contributed by atoms with Gasteiger partial charge in [-0.1, -0.05) is 0 Å². The summed E-state index contributed by atoms with van der Waals surface area (Å²) < 4.78 is 25.6. The van der Waals surface area contributed by atoms with Gasteiger partial charge in [-0.15, -0.1) is 0 Å². The summed E-state index contributed by atoms with van der Waals surface area (Å²) in [6.07, 6.45) is 0. The molecule has 1 aliphatic rings. The molecule has 5 rings (SSSR count). The van der Waals surface area contributed by atoms with Gasteiger partial charge in [-0.3, -0.25) is 4.79 Å². The van der Waals surface area contributed by atoms with Crippen LogP contribution in [-0.4, -0.2) is 37.1 Å². The molecule has 7 nitrogen and oxygen atoms in total. The second-order valence-electron chi connectivity index (χ2n) is 7.46. The number of carbonyl (C=O) groups excluding carboxylic acids is 1. The fourth-order valence-corrected chi connectivity index (χ4v) is 3.96. The summed E-state index contributed by atoms with van der Waals surface area (Å²) in [6, 6.07) is 8.46. The van der Waals surface area contributed by atoms with Crippen molar-refractivity contribution < 1.29 is 18.0 Å². The van der Waals surface area contributed by atoms with Crippen molar-refractivity contribution in [3.63, 3.8) is 0 Å². The average Bonchev–Trinajstić information content (AvgIpc) is 3.29. The van der Waals surface area contributed by atoms with Crippen LogP contribution in [0.3, 0.4) is 0 Å². The van der Waals surface area contributed by atoms with Crippen LogP contribution in [0.25, 0.3) is 22.1 Å². The van der Waals surface area contributed by atoms with Gasteiger partial charge >= 0.3 is 0 Å². The van der Waals surface area contributed by atoms with E-state index in [-0.39, 0.29) is 17.0 Å². The van der Waals surface area contributed by atoms with Crippen molar-refractivity contribution in [1.82, 2.24) is 10.3 Å². The molecule has 4 aromatic rings. The summed E-state index contributed by atoms with van der Waals surface area (Å²) in [4.78, 5) is 19.3. The standard InChI is InChI=1S/C22H21FN4O3/c1-12-9-16-18(27-7-5-24-6-8-27)4-3-15(21(16)29-12)22(28)26-14-10-17(23)20-19(11-14)30-13(2)25-20/h3-4,9-11,24H,5-8H2,1-2H3,(H,26,28). The number of benzene rings is 2. The number of oxazole rings is 1. The lowest BCUT2D eigenvalue weighted by Crippen LogP contribution is -2.43. The van der Waals surface area contributed by atoms with Crippen LogP contribution in [0.5, 0.6) is 0 Å². The smallest absolute Gasteiger partial charge is 0.259 e. The topological polar surface area (TPSA) is 83.5 Å². The number of anilines is 2. The molecule has 0 atom stereocenters. The number of piperazine rings is 1. The number of aromatic nitrogens is 1. The molecular formula is C22H21FN4O3. The van der Waals surface area contributed by atoms with E-state index in [9.17, 15) is 9.18 Å². The van der Waals surface area contributed by atoms with Crippen LogP contribution in [0, 0.1) is 19.7 Å². The molecule has 0 saturated carbocycles. The van der Waals surface area contributed by atoms with Crippen LogP contribution in [0.2, 0.25) is 0 Å². The van der Waals surface area contributed by atoms with E-state index < -0.39 is 5.82 Å². The Morgan fingerprint density at radius 2 is 1.97 bits per heavy atom. The maximum absolute atomic E-state index is 14.3. The number of carbonyl (C=O) groups is 1. The Morgan fingerprint density at radius 1 is 1.17 bits per heavy atom. The minimum atomic E-state index is -0.548. The molecule has 3 heterocycles. The monoisotopic (exact) mass is 408 g/mol. The minimum absolute atomic E-state index is 0.148. The second kappa shape index (κ2) is 7.14. The van der Waals surface area contributed by atoms with E-state index in [0.29, 0.717) is 22.7 Å². The number of hydrogen-bond acceptors (Lipinski definition) is 6. The van der Waals surface area contributed by atoms with Crippen LogP contribution < -0.4 is 15.5 Å². The first-order chi connectivity index (χ1) is 14.5. The van der Waals surface area contributed by atoms with Gasteiger partial charge < -0.3 is 24.4 Å². The van der Waals surface area contributed by atoms with Gasteiger partial charge in [-0.05, 0) is 31.2 Å². The summed E-state index contributed by atoms with van der Waals surface area (Å²) in [5, 5.41) is 6.99. The molecule has 2 N–H and O–H groups in total. The van der Waals surface area contributed by atoms with Crippen LogP contribution in [0.15, 0.2) is 39.2 Å². The third kappa shape index (κ3) is 3.19. The van der Waals surface area contributed by atoms with Gasteiger partial charge in [0, 0.05) is 55.9 Å². The second-order valence-corrected chi connectivity index (χ2v) is 7.46. The molecule has 0 bridgehead atoms. The van der Waals surface area contributed by atoms with Gasteiger partial charge in [-0.2, -0.15) is 0 Å². The third-order valence-corrected chi connectivity index (χ3v) is 5.30. The fourth-order valence-electron chi connectivity index (χ4n) is 3.96. The Kier molecular flexibility index (Phi) is 4.43. The van der Waals surface area contributed by atoms with Crippen molar-refractivity contribution in [2.45, 2.75) is 13.8 Å². The van der Waals surface area contributed by atoms with Crippen molar-refractivity contribution in [2.75, 3.05) is 36.4 Å². The summed E-state index contributed by atoms with van der Waals surface area (Å²) in [7, 11) is 0. The molecular weight excluding hydrogens is 387 g/mol. The van der Waals surface area contributed by atoms with Gasteiger partial charge in [0.05, 0.1) is 5.56 Å². The number of nitrogens with zero attached hydrogens (tertiary/aromatic N) is 2. The summed E-state index contributed by atoms with van der Waals surface area (Å²) >= 11 is 0. The zero-order valence-electron chi connectivity index (χ0n) is 16.7. The van der Waals surface area contributed by atoms with E-state index in [2.05, 4.69) is 20.5 Å². The highest BCUT2D eigenvalue weighted by Crippen LogP contribution is 2.33. The van der Waals surface area contributed by atoms with Crippen LogP contribution in [0.1, 0.15) is 22.0 Å². The third-order valence-electron chi connectivity index (χ3n) is 5.30. The molecule has 2 aromatic carbocycles. The largest absolute Gasteiger partial charge is 0.460 e. The predicted octanol–water partition coefficient (Wildman–Crippen LogP) is 3.99. The lowest BCUT2D eigenvalue weighted by Gasteiger charge is -2.30. The van der Waals surface area contributed by atoms with Gasteiger partial charge in [0.1, 0.15) is 16.9 Å². The van der Waals surface area contributed by atoms with Crippen LogP contribution in [0.4, 0.5) is 15.8 Å². The molecule has 2 aromatic heterocycles. The number of rotatable bonds is 3. The zero-order valence-corrected chi connectivity index (χ0v) is 16.7. The van der Waals surface area contributed by atoms with E-state index in [4.69, 9.17) is 8.83 Å². The predicted molar refractivity (Wildman–Crippen MR) is 113 cm³/mol. The Bertz CT molecular complexity index is 1270.